The molecule has 3 heteroatoms. The Balaban J connectivity index is 1.65. The van der Waals surface area contributed by atoms with E-state index in [9.17, 15) is 5.21 Å². The van der Waals surface area contributed by atoms with Gasteiger partial charge >= 0.3 is 0 Å². The average Bonchev–Trinajstić information content (AvgIpc) is 2.76. The zero-order chi connectivity index (χ0) is 11.9. The van der Waals surface area contributed by atoms with E-state index in [2.05, 4.69) is 12.1 Å². The van der Waals surface area contributed by atoms with E-state index in [-0.39, 0.29) is 6.04 Å². The van der Waals surface area contributed by atoms with Crippen molar-refractivity contribution in [2.24, 2.45) is 0 Å². The summed E-state index contributed by atoms with van der Waals surface area (Å²) >= 11 is 0. The van der Waals surface area contributed by atoms with Crippen LogP contribution < -0.4 is 0 Å². The predicted octanol–water partition coefficient (Wildman–Crippen LogP) is 2.57. The molecule has 1 aliphatic rings. The molecule has 1 N–H and O–H groups in total. The van der Waals surface area contributed by atoms with Gasteiger partial charge < -0.3 is 9.94 Å². The number of hydrogen-bond donors (Lipinski definition) is 1. The van der Waals surface area contributed by atoms with Crippen LogP contribution in [0.15, 0.2) is 36.4 Å². The fraction of sp³-hybridized carbons (Fsp3) is 0.429. The molecule has 0 unspecified atom stereocenters. The molecule has 1 aromatic carbocycles. The SMILES string of the molecule is ON1CCC[C@H]1COC/C=C/c1ccccc1. The minimum atomic E-state index is 0.181. The lowest BCUT2D eigenvalue weighted by molar-refractivity contribution is -0.118. The molecule has 2 rings (SSSR count). The fourth-order valence-corrected chi connectivity index (χ4v) is 2.01. The monoisotopic (exact) mass is 233 g/mol. The molecule has 0 amide bonds. The van der Waals surface area contributed by atoms with Crippen LogP contribution in [0.4, 0.5) is 0 Å². The van der Waals surface area contributed by atoms with Crippen LogP contribution in [0.3, 0.4) is 0 Å². The molecular weight excluding hydrogens is 214 g/mol. The number of hydroxylamine groups is 2. The third-order valence-electron chi connectivity index (χ3n) is 2.98. The van der Waals surface area contributed by atoms with E-state index in [0.717, 1.165) is 19.4 Å². The zero-order valence-electron chi connectivity index (χ0n) is 9.96. The normalized spacial score (nSPS) is 21.4. The van der Waals surface area contributed by atoms with Crippen molar-refractivity contribution in [1.82, 2.24) is 5.06 Å². The Morgan fingerprint density at radius 2 is 2.18 bits per heavy atom. The third kappa shape index (κ3) is 3.97. The highest BCUT2D eigenvalue weighted by atomic mass is 16.5. The second kappa shape index (κ2) is 6.55. The van der Waals surface area contributed by atoms with Crippen LogP contribution in [0.1, 0.15) is 18.4 Å². The molecule has 1 atom stereocenters. The molecule has 1 aliphatic heterocycles. The lowest BCUT2D eigenvalue weighted by Crippen LogP contribution is -2.29. The van der Waals surface area contributed by atoms with E-state index in [4.69, 9.17) is 4.74 Å². The summed E-state index contributed by atoms with van der Waals surface area (Å²) in [5.41, 5.74) is 1.18. The largest absolute Gasteiger partial charge is 0.376 e. The first-order valence-corrected chi connectivity index (χ1v) is 6.11. The van der Waals surface area contributed by atoms with E-state index in [0.29, 0.717) is 13.2 Å². The van der Waals surface area contributed by atoms with E-state index < -0.39 is 0 Å². The van der Waals surface area contributed by atoms with Crippen LogP contribution in [-0.2, 0) is 4.74 Å². The molecule has 1 aromatic rings. The van der Waals surface area contributed by atoms with Gasteiger partial charge in [-0.2, -0.15) is 5.06 Å². The molecule has 1 fully saturated rings. The van der Waals surface area contributed by atoms with Gasteiger partial charge in [-0.3, -0.25) is 0 Å². The van der Waals surface area contributed by atoms with Crippen LogP contribution in [0.2, 0.25) is 0 Å². The van der Waals surface area contributed by atoms with Crippen molar-refractivity contribution >= 4 is 6.08 Å². The van der Waals surface area contributed by atoms with Crippen LogP contribution in [0.5, 0.6) is 0 Å². The van der Waals surface area contributed by atoms with E-state index in [1.807, 2.05) is 30.4 Å². The Hall–Kier alpha value is -1.16. The minimum absolute atomic E-state index is 0.181. The molecule has 0 aliphatic carbocycles. The van der Waals surface area contributed by atoms with Gasteiger partial charge in [-0.05, 0) is 18.4 Å². The molecule has 0 saturated carbocycles. The number of rotatable bonds is 5. The maximum absolute atomic E-state index is 9.46. The summed E-state index contributed by atoms with van der Waals surface area (Å²) in [5, 5.41) is 10.8. The maximum atomic E-state index is 9.46. The van der Waals surface area contributed by atoms with Crippen LogP contribution in [0, 0.1) is 0 Å². The Labute approximate surface area is 102 Å². The van der Waals surface area contributed by atoms with E-state index >= 15 is 0 Å². The Morgan fingerprint density at radius 1 is 1.35 bits per heavy atom. The smallest absolute Gasteiger partial charge is 0.0651 e. The first-order chi connectivity index (χ1) is 8.36. The maximum Gasteiger partial charge on any atom is 0.0651 e. The molecule has 3 nitrogen and oxygen atoms in total. The van der Waals surface area contributed by atoms with Crippen LogP contribution >= 0.6 is 0 Å². The minimum Gasteiger partial charge on any atom is -0.376 e. The second-order valence-electron chi connectivity index (χ2n) is 4.31. The third-order valence-corrected chi connectivity index (χ3v) is 2.98. The second-order valence-corrected chi connectivity index (χ2v) is 4.31. The van der Waals surface area contributed by atoms with Gasteiger partial charge in [0, 0.05) is 6.54 Å². The van der Waals surface area contributed by atoms with Gasteiger partial charge in [0.15, 0.2) is 0 Å². The van der Waals surface area contributed by atoms with Gasteiger partial charge in [0.2, 0.25) is 0 Å². The van der Waals surface area contributed by atoms with E-state index in [1.165, 1.54) is 10.6 Å². The number of benzene rings is 1. The molecule has 0 radical (unpaired) electrons. The molecule has 17 heavy (non-hydrogen) atoms. The summed E-state index contributed by atoms with van der Waals surface area (Å²) in [6, 6.07) is 10.3. The summed E-state index contributed by atoms with van der Waals surface area (Å²) in [5.74, 6) is 0. The van der Waals surface area contributed by atoms with Gasteiger partial charge in [-0.15, -0.1) is 0 Å². The summed E-state index contributed by atoms with van der Waals surface area (Å²) in [4.78, 5) is 0. The fourth-order valence-electron chi connectivity index (χ4n) is 2.01. The van der Waals surface area contributed by atoms with Gasteiger partial charge in [-0.1, -0.05) is 42.5 Å². The van der Waals surface area contributed by atoms with Crippen molar-refractivity contribution in [1.29, 1.82) is 0 Å². The highest BCUT2D eigenvalue weighted by molar-refractivity contribution is 5.48. The van der Waals surface area contributed by atoms with Crippen molar-refractivity contribution in [2.75, 3.05) is 19.8 Å². The summed E-state index contributed by atoms with van der Waals surface area (Å²) < 4.78 is 5.52. The highest BCUT2D eigenvalue weighted by Crippen LogP contribution is 2.14. The van der Waals surface area contributed by atoms with Crippen molar-refractivity contribution in [3.63, 3.8) is 0 Å². The summed E-state index contributed by atoms with van der Waals surface area (Å²) in [6.07, 6.45) is 6.14. The Bertz CT molecular complexity index is 350. The van der Waals surface area contributed by atoms with Gasteiger partial charge in [0.1, 0.15) is 0 Å². The lowest BCUT2D eigenvalue weighted by Gasteiger charge is -2.16. The lowest BCUT2D eigenvalue weighted by atomic mass is 10.2. The molecule has 0 aromatic heterocycles. The summed E-state index contributed by atoms with van der Waals surface area (Å²) in [7, 11) is 0. The predicted molar refractivity (Wildman–Crippen MR) is 67.8 cm³/mol. The quantitative estimate of drug-likeness (QED) is 0.793. The standard InChI is InChI=1S/C14H19NO2/c16-15-10-4-9-14(15)12-17-11-5-8-13-6-2-1-3-7-13/h1-3,5-8,14,16H,4,9-12H2/b8-5+/t14-/m0/s1. The van der Waals surface area contributed by atoms with Gasteiger partial charge in [0.25, 0.3) is 0 Å². The van der Waals surface area contributed by atoms with Crippen molar-refractivity contribution in [2.45, 2.75) is 18.9 Å². The Kier molecular flexibility index (Phi) is 4.74. The first-order valence-electron chi connectivity index (χ1n) is 6.11. The number of nitrogens with zero attached hydrogens (tertiary/aromatic N) is 1. The van der Waals surface area contributed by atoms with Crippen LogP contribution in [-0.4, -0.2) is 36.1 Å². The molecule has 1 heterocycles. The van der Waals surface area contributed by atoms with Crippen molar-refractivity contribution < 1.29 is 9.94 Å². The molecule has 0 spiro atoms. The number of ether oxygens (including phenoxy) is 1. The average molecular weight is 233 g/mol. The summed E-state index contributed by atoms with van der Waals surface area (Å²) in [6.45, 7) is 1.97. The van der Waals surface area contributed by atoms with Gasteiger partial charge in [-0.25, -0.2) is 0 Å². The highest BCUT2D eigenvalue weighted by Gasteiger charge is 2.22. The van der Waals surface area contributed by atoms with Crippen LogP contribution in [0.25, 0.3) is 6.08 Å². The molecule has 92 valence electrons. The van der Waals surface area contributed by atoms with E-state index in [1.54, 1.807) is 0 Å². The first kappa shape index (κ1) is 12.3. The zero-order valence-corrected chi connectivity index (χ0v) is 9.96. The molecule has 1 saturated heterocycles. The molecule has 0 bridgehead atoms. The molecular formula is C14H19NO2. The topological polar surface area (TPSA) is 32.7 Å². The Morgan fingerprint density at radius 3 is 2.88 bits per heavy atom. The van der Waals surface area contributed by atoms with Crippen molar-refractivity contribution in [3.8, 4) is 0 Å². The van der Waals surface area contributed by atoms with Gasteiger partial charge in [0.05, 0.1) is 19.3 Å². The number of hydrogen-bond acceptors (Lipinski definition) is 3. The van der Waals surface area contributed by atoms with Crippen molar-refractivity contribution in [3.05, 3.63) is 42.0 Å².